The molecule has 31 heavy (non-hydrogen) atoms. The van der Waals surface area contributed by atoms with Gasteiger partial charge in [-0.15, -0.1) is 0 Å². The number of hydrogen-bond donors (Lipinski definition) is 2. The normalized spacial score (nSPS) is 11.7. The Morgan fingerprint density at radius 2 is 1.81 bits per heavy atom. The second kappa shape index (κ2) is 10.8. The van der Waals surface area contributed by atoms with Crippen molar-refractivity contribution in [2.45, 2.75) is 19.3 Å². The number of aliphatic hydroxyl groups excluding tert-OH is 1. The molecular weight excluding hydrogens is 420 g/mol. The van der Waals surface area contributed by atoms with Crippen LogP contribution < -0.4 is 14.8 Å². The lowest BCUT2D eigenvalue weighted by Gasteiger charge is -2.16. The minimum Gasteiger partial charge on any atom is -0.493 e. The van der Waals surface area contributed by atoms with Crippen molar-refractivity contribution in [2.75, 3.05) is 13.7 Å². The van der Waals surface area contributed by atoms with Gasteiger partial charge in [0.2, 0.25) is 0 Å². The van der Waals surface area contributed by atoms with Crippen molar-refractivity contribution in [1.82, 2.24) is 5.32 Å². The summed E-state index contributed by atoms with van der Waals surface area (Å²) in [6, 6.07) is 19.0. The maximum absolute atomic E-state index is 10.8. The molecule has 3 aromatic carbocycles. The number of nitro benzene ring substituents is 1. The number of nitrogens with one attached hydrogen (secondary N) is 1. The number of ether oxygens (including phenoxy) is 2. The Labute approximate surface area is 185 Å². The molecule has 2 N–H and O–H groups in total. The molecule has 3 aromatic rings. The number of nitrogens with zero attached hydrogens (tertiary/aromatic N) is 1. The van der Waals surface area contributed by atoms with Gasteiger partial charge in [0.15, 0.2) is 11.5 Å². The van der Waals surface area contributed by atoms with Crippen molar-refractivity contribution < 1.29 is 19.5 Å². The molecule has 1 atom stereocenters. The van der Waals surface area contributed by atoms with Gasteiger partial charge >= 0.3 is 0 Å². The van der Waals surface area contributed by atoms with Gasteiger partial charge in [0.05, 0.1) is 18.1 Å². The maximum atomic E-state index is 10.8. The molecule has 3 rings (SSSR count). The molecule has 0 fully saturated rings. The molecule has 0 radical (unpaired) electrons. The number of nitro groups is 1. The molecule has 0 aromatic heterocycles. The number of hydrogen-bond acceptors (Lipinski definition) is 6. The van der Waals surface area contributed by atoms with Crippen LogP contribution in [0.25, 0.3) is 0 Å². The van der Waals surface area contributed by atoms with Crippen LogP contribution in [0.5, 0.6) is 11.5 Å². The second-order valence-electron chi connectivity index (χ2n) is 6.86. The summed E-state index contributed by atoms with van der Waals surface area (Å²) in [5.74, 6) is 0.991. The van der Waals surface area contributed by atoms with Crippen LogP contribution in [0.15, 0.2) is 66.7 Å². The van der Waals surface area contributed by atoms with Gasteiger partial charge in [-0.2, -0.15) is 0 Å². The van der Waals surface area contributed by atoms with Crippen molar-refractivity contribution in [3.63, 3.8) is 0 Å². The van der Waals surface area contributed by atoms with Crippen LogP contribution in [0.3, 0.4) is 0 Å². The van der Waals surface area contributed by atoms with E-state index in [4.69, 9.17) is 21.1 Å². The highest BCUT2D eigenvalue weighted by Gasteiger charge is 2.13. The lowest BCUT2D eigenvalue weighted by molar-refractivity contribution is -0.384. The molecule has 0 bridgehead atoms. The highest BCUT2D eigenvalue weighted by Crippen LogP contribution is 2.34. The van der Waals surface area contributed by atoms with E-state index in [1.54, 1.807) is 31.4 Å². The van der Waals surface area contributed by atoms with Gasteiger partial charge in [-0.1, -0.05) is 41.9 Å². The summed E-state index contributed by atoms with van der Waals surface area (Å²) in [5.41, 5.74) is 2.46. The molecule has 0 heterocycles. The van der Waals surface area contributed by atoms with Gasteiger partial charge in [0.1, 0.15) is 6.61 Å². The SMILES string of the molecule is COc1cc(CNCC(O)c2ccccc2)c(Cl)cc1OCc1ccc([N+](=O)[O-])cc1. The Balaban J connectivity index is 1.60. The third kappa shape index (κ3) is 6.18. The first-order valence-corrected chi connectivity index (χ1v) is 10.0. The highest BCUT2D eigenvalue weighted by molar-refractivity contribution is 6.31. The van der Waals surface area contributed by atoms with Crippen molar-refractivity contribution >= 4 is 17.3 Å². The van der Waals surface area contributed by atoms with Gasteiger partial charge < -0.3 is 19.9 Å². The van der Waals surface area contributed by atoms with Gasteiger partial charge in [-0.25, -0.2) is 0 Å². The quantitative estimate of drug-likeness (QED) is 0.350. The molecule has 0 aliphatic heterocycles. The molecule has 162 valence electrons. The first-order valence-electron chi connectivity index (χ1n) is 9.64. The number of non-ortho nitro benzene ring substituents is 1. The fourth-order valence-electron chi connectivity index (χ4n) is 3.00. The molecule has 0 spiro atoms. The molecule has 0 amide bonds. The third-order valence-corrected chi connectivity index (χ3v) is 5.06. The van der Waals surface area contributed by atoms with Crippen molar-refractivity contribution in [2.24, 2.45) is 0 Å². The van der Waals surface area contributed by atoms with E-state index in [0.717, 1.165) is 16.7 Å². The monoisotopic (exact) mass is 442 g/mol. The number of aliphatic hydroxyl groups is 1. The summed E-state index contributed by atoms with van der Waals surface area (Å²) in [6.45, 7) is 1.04. The number of benzene rings is 3. The fraction of sp³-hybridized carbons (Fsp3) is 0.217. The largest absolute Gasteiger partial charge is 0.493 e. The van der Waals surface area contributed by atoms with E-state index in [-0.39, 0.29) is 12.3 Å². The van der Waals surface area contributed by atoms with Crippen LogP contribution in [-0.4, -0.2) is 23.7 Å². The van der Waals surface area contributed by atoms with Crippen molar-refractivity contribution in [3.05, 3.63) is 98.6 Å². The van der Waals surface area contributed by atoms with E-state index in [1.807, 2.05) is 30.3 Å². The van der Waals surface area contributed by atoms with Crippen LogP contribution in [0, 0.1) is 10.1 Å². The van der Waals surface area contributed by atoms with Crippen LogP contribution in [0.2, 0.25) is 5.02 Å². The van der Waals surface area contributed by atoms with E-state index in [1.165, 1.54) is 12.1 Å². The first-order chi connectivity index (χ1) is 15.0. The summed E-state index contributed by atoms with van der Waals surface area (Å²) in [7, 11) is 1.54. The Kier molecular flexibility index (Phi) is 7.83. The summed E-state index contributed by atoms with van der Waals surface area (Å²) >= 11 is 6.42. The Bertz CT molecular complexity index is 1010. The van der Waals surface area contributed by atoms with Crippen LogP contribution >= 0.6 is 11.6 Å². The van der Waals surface area contributed by atoms with E-state index >= 15 is 0 Å². The van der Waals surface area contributed by atoms with Gasteiger partial charge in [0.25, 0.3) is 5.69 Å². The highest BCUT2D eigenvalue weighted by atomic mass is 35.5. The first kappa shape index (κ1) is 22.6. The zero-order chi connectivity index (χ0) is 22.2. The lowest BCUT2D eigenvalue weighted by atomic mass is 10.1. The van der Waals surface area contributed by atoms with E-state index in [0.29, 0.717) is 29.6 Å². The summed E-state index contributed by atoms with van der Waals surface area (Å²) in [4.78, 5) is 10.3. The number of methoxy groups -OCH3 is 1. The summed E-state index contributed by atoms with van der Waals surface area (Å²) in [6.07, 6.45) is -0.619. The lowest BCUT2D eigenvalue weighted by Crippen LogP contribution is -2.21. The van der Waals surface area contributed by atoms with E-state index < -0.39 is 11.0 Å². The minimum absolute atomic E-state index is 0.0265. The Hall–Kier alpha value is -3.13. The standard InChI is InChI=1S/C23H23ClN2O5/c1-30-22-11-18(13-25-14-21(27)17-5-3-2-4-6-17)20(24)12-23(22)31-15-16-7-9-19(10-8-16)26(28)29/h2-12,21,25,27H,13-15H2,1H3. The molecule has 0 aliphatic carbocycles. The molecule has 1 unspecified atom stereocenters. The Morgan fingerprint density at radius 3 is 2.45 bits per heavy atom. The van der Waals surface area contributed by atoms with Crippen LogP contribution in [0.4, 0.5) is 5.69 Å². The fourth-order valence-corrected chi connectivity index (χ4v) is 3.22. The minimum atomic E-state index is -0.619. The van der Waals surface area contributed by atoms with Crippen molar-refractivity contribution in [3.8, 4) is 11.5 Å². The predicted octanol–water partition coefficient (Wildman–Crippen LogP) is 4.66. The average molecular weight is 443 g/mol. The van der Waals surface area contributed by atoms with Gasteiger partial charge in [0, 0.05) is 36.3 Å². The summed E-state index contributed by atoms with van der Waals surface area (Å²) < 4.78 is 11.2. The van der Waals surface area contributed by atoms with E-state index in [9.17, 15) is 15.2 Å². The smallest absolute Gasteiger partial charge is 0.269 e. The molecule has 0 saturated heterocycles. The molecule has 7 nitrogen and oxygen atoms in total. The Morgan fingerprint density at radius 1 is 1.10 bits per heavy atom. The van der Waals surface area contributed by atoms with Gasteiger partial charge in [-0.05, 0) is 34.9 Å². The third-order valence-electron chi connectivity index (χ3n) is 4.71. The molecule has 0 saturated carbocycles. The molecular formula is C23H23ClN2O5. The van der Waals surface area contributed by atoms with Crippen molar-refractivity contribution in [1.29, 1.82) is 0 Å². The average Bonchev–Trinajstić information content (AvgIpc) is 2.79. The molecule has 8 heteroatoms. The zero-order valence-corrected chi connectivity index (χ0v) is 17.7. The maximum Gasteiger partial charge on any atom is 0.269 e. The number of halogens is 1. The second-order valence-corrected chi connectivity index (χ2v) is 7.27. The molecule has 0 aliphatic rings. The summed E-state index contributed by atoms with van der Waals surface area (Å²) in [5, 5.41) is 24.7. The predicted molar refractivity (Wildman–Crippen MR) is 119 cm³/mol. The topological polar surface area (TPSA) is 93.9 Å². The van der Waals surface area contributed by atoms with Crippen LogP contribution in [-0.2, 0) is 13.2 Å². The van der Waals surface area contributed by atoms with Crippen LogP contribution in [0.1, 0.15) is 22.8 Å². The van der Waals surface area contributed by atoms with E-state index in [2.05, 4.69) is 5.32 Å². The number of rotatable bonds is 10. The zero-order valence-electron chi connectivity index (χ0n) is 17.0. The van der Waals surface area contributed by atoms with Gasteiger partial charge in [-0.3, -0.25) is 10.1 Å².